The van der Waals surface area contributed by atoms with Crippen molar-refractivity contribution < 1.29 is 9.59 Å². The van der Waals surface area contributed by atoms with Crippen molar-refractivity contribution in [1.82, 2.24) is 15.5 Å². The van der Waals surface area contributed by atoms with E-state index in [9.17, 15) is 9.59 Å². The summed E-state index contributed by atoms with van der Waals surface area (Å²) >= 11 is 1.77. The number of hydrogen-bond acceptors (Lipinski definition) is 4. The second kappa shape index (κ2) is 7.59. The molecule has 3 rings (SSSR count). The third-order valence-corrected chi connectivity index (χ3v) is 5.32. The Labute approximate surface area is 145 Å². The number of benzene rings is 1. The number of imide groups is 1. The van der Waals surface area contributed by atoms with E-state index in [2.05, 4.69) is 27.0 Å². The van der Waals surface area contributed by atoms with Gasteiger partial charge in [-0.1, -0.05) is 30.3 Å². The van der Waals surface area contributed by atoms with Gasteiger partial charge in [-0.3, -0.25) is 15.0 Å². The van der Waals surface area contributed by atoms with E-state index in [4.69, 9.17) is 0 Å². The summed E-state index contributed by atoms with van der Waals surface area (Å²) in [5.74, 6) is -0.265. The molecule has 1 aromatic heterocycles. The monoisotopic (exact) mass is 343 g/mol. The zero-order valence-electron chi connectivity index (χ0n) is 13.6. The van der Waals surface area contributed by atoms with Crippen LogP contribution in [0.15, 0.2) is 41.8 Å². The standard InChI is InChI=1S/C18H21N3O2S/c1-13(21-9-7-16-15(12-21)8-10-24-16)17(22)20-18(23)19-11-14-5-3-2-4-6-14/h2-6,8,10,13H,7,9,11-12H2,1H3,(H2,19,20,22,23). The highest BCUT2D eigenvalue weighted by Gasteiger charge is 2.26. The van der Waals surface area contributed by atoms with Gasteiger partial charge < -0.3 is 5.32 Å². The minimum absolute atomic E-state index is 0.265. The van der Waals surface area contributed by atoms with Crippen LogP contribution in [0.2, 0.25) is 0 Å². The molecule has 1 aliphatic heterocycles. The van der Waals surface area contributed by atoms with Gasteiger partial charge >= 0.3 is 6.03 Å². The molecule has 5 nitrogen and oxygen atoms in total. The third-order valence-electron chi connectivity index (χ3n) is 4.30. The predicted octanol–water partition coefficient (Wildman–Crippen LogP) is 2.52. The lowest BCUT2D eigenvalue weighted by atomic mass is 10.1. The maximum absolute atomic E-state index is 12.3. The Morgan fingerprint density at radius 1 is 1.25 bits per heavy atom. The minimum Gasteiger partial charge on any atom is -0.334 e. The molecule has 3 amide bonds. The van der Waals surface area contributed by atoms with Gasteiger partial charge in [-0.05, 0) is 35.9 Å². The Morgan fingerprint density at radius 3 is 2.83 bits per heavy atom. The average Bonchev–Trinajstić information content (AvgIpc) is 3.07. The molecule has 0 spiro atoms. The van der Waals surface area contributed by atoms with Gasteiger partial charge in [-0.25, -0.2) is 4.79 Å². The molecule has 24 heavy (non-hydrogen) atoms. The van der Waals surface area contributed by atoms with Crippen LogP contribution in [0.3, 0.4) is 0 Å². The molecule has 1 unspecified atom stereocenters. The molecular weight excluding hydrogens is 322 g/mol. The van der Waals surface area contributed by atoms with Crippen molar-refractivity contribution in [2.75, 3.05) is 6.54 Å². The first-order chi connectivity index (χ1) is 11.6. The summed E-state index contributed by atoms with van der Waals surface area (Å²) in [6.45, 7) is 3.85. The number of thiophene rings is 1. The third kappa shape index (κ3) is 4.01. The lowest BCUT2D eigenvalue weighted by molar-refractivity contribution is -0.125. The fourth-order valence-electron chi connectivity index (χ4n) is 2.81. The van der Waals surface area contributed by atoms with Crippen LogP contribution in [-0.4, -0.2) is 29.4 Å². The van der Waals surface area contributed by atoms with Crippen molar-refractivity contribution in [2.45, 2.75) is 32.5 Å². The van der Waals surface area contributed by atoms with Gasteiger partial charge in [0.2, 0.25) is 5.91 Å². The quantitative estimate of drug-likeness (QED) is 0.897. The van der Waals surface area contributed by atoms with Crippen molar-refractivity contribution in [3.05, 3.63) is 57.8 Å². The summed E-state index contributed by atoms with van der Waals surface area (Å²) in [4.78, 5) is 27.7. The smallest absolute Gasteiger partial charge is 0.321 e. The molecule has 0 radical (unpaired) electrons. The van der Waals surface area contributed by atoms with Crippen molar-refractivity contribution >= 4 is 23.3 Å². The minimum atomic E-state index is -0.455. The van der Waals surface area contributed by atoms with E-state index in [1.165, 1.54) is 10.4 Å². The molecule has 2 N–H and O–H groups in total. The summed E-state index contributed by atoms with van der Waals surface area (Å²) in [5.41, 5.74) is 2.29. The number of hydrogen-bond donors (Lipinski definition) is 2. The molecule has 1 aromatic carbocycles. The lowest BCUT2D eigenvalue weighted by Crippen LogP contribution is -2.50. The molecule has 2 aromatic rings. The molecule has 1 atom stereocenters. The number of rotatable bonds is 4. The van der Waals surface area contributed by atoms with Crippen LogP contribution in [0, 0.1) is 0 Å². The number of amides is 3. The molecule has 0 aliphatic carbocycles. The molecule has 0 fully saturated rings. The molecule has 2 heterocycles. The van der Waals surface area contributed by atoms with Gasteiger partial charge in [0.1, 0.15) is 0 Å². The van der Waals surface area contributed by atoms with Gasteiger partial charge in [0.05, 0.1) is 6.04 Å². The summed E-state index contributed by atoms with van der Waals surface area (Å²) < 4.78 is 0. The van der Waals surface area contributed by atoms with Gasteiger partial charge in [0.25, 0.3) is 0 Å². The van der Waals surface area contributed by atoms with Gasteiger partial charge in [0, 0.05) is 24.5 Å². The maximum atomic E-state index is 12.3. The average molecular weight is 343 g/mol. The van der Waals surface area contributed by atoms with Gasteiger partial charge in [-0.2, -0.15) is 0 Å². The highest BCUT2D eigenvalue weighted by molar-refractivity contribution is 7.10. The molecular formula is C18H21N3O2S. The van der Waals surface area contributed by atoms with Gasteiger partial charge in [0.15, 0.2) is 0 Å². The maximum Gasteiger partial charge on any atom is 0.321 e. The number of nitrogens with one attached hydrogen (secondary N) is 2. The van der Waals surface area contributed by atoms with Crippen LogP contribution in [0.25, 0.3) is 0 Å². The van der Waals surface area contributed by atoms with Crippen LogP contribution >= 0.6 is 11.3 Å². The number of fused-ring (bicyclic) bond motifs is 1. The highest BCUT2D eigenvalue weighted by Crippen LogP contribution is 2.25. The number of nitrogens with zero attached hydrogens (tertiary/aromatic N) is 1. The fourth-order valence-corrected chi connectivity index (χ4v) is 3.70. The second-order valence-corrected chi connectivity index (χ2v) is 6.92. The molecule has 0 saturated carbocycles. The van der Waals surface area contributed by atoms with E-state index >= 15 is 0 Å². The Balaban J connectivity index is 1.48. The Bertz CT molecular complexity index is 714. The second-order valence-electron chi connectivity index (χ2n) is 5.92. The highest BCUT2D eigenvalue weighted by atomic mass is 32.1. The number of urea groups is 1. The number of carbonyl (C=O) groups excluding carboxylic acids is 2. The summed E-state index contributed by atoms with van der Waals surface area (Å²) in [5, 5.41) is 7.24. The Morgan fingerprint density at radius 2 is 2.04 bits per heavy atom. The fraction of sp³-hybridized carbons (Fsp3) is 0.333. The van der Waals surface area contributed by atoms with Crippen molar-refractivity contribution in [2.24, 2.45) is 0 Å². The predicted molar refractivity (Wildman–Crippen MR) is 94.7 cm³/mol. The number of carbonyl (C=O) groups is 2. The Hall–Kier alpha value is -2.18. The SMILES string of the molecule is CC(C(=O)NC(=O)NCc1ccccc1)N1CCc2sccc2C1. The molecule has 126 valence electrons. The molecule has 1 aliphatic rings. The summed E-state index contributed by atoms with van der Waals surface area (Å²) in [6.07, 6.45) is 0.963. The first-order valence-corrected chi connectivity index (χ1v) is 8.93. The first-order valence-electron chi connectivity index (χ1n) is 8.05. The molecule has 0 bridgehead atoms. The van der Waals surface area contributed by atoms with E-state index in [1.807, 2.05) is 37.3 Å². The van der Waals surface area contributed by atoms with E-state index in [0.29, 0.717) is 6.54 Å². The van der Waals surface area contributed by atoms with E-state index in [0.717, 1.165) is 25.1 Å². The zero-order valence-corrected chi connectivity index (χ0v) is 14.4. The normalized spacial score (nSPS) is 15.4. The topological polar surface area (TPSA) is 61.4 Å². The van der Waals surface area contributed by atoms with Crippen molar-refractivity contribution in [3.8, 4) is 0 Å². The zero-order chi connectivity index (χ0) is 16.9. The Kier molecular flexibility index (Phi) is 5.27. The van der Waals surface area contributed by atoms with Crippen molar-refractivity contribution in [1.29, 1.82) is 0 Å². The van der Waals surface area contributed by atoms with E-state index in [1.54, 1.807) is 11.3 Å². The van der Waals surface area contributed by atoms with Crippen LogP contribution in [0.4, 0.5) is 4.79 Å². The van der Waals surface area contributed by atoms with E-state index in [-0.39, 0.29) is 11.9 Å². The van der Waals surface area contributed by atoms with Crippen molar-refractivity contribution in [3.63, 3.8) is 0 Å². The van der Waals surface area contributed by atoms with Crippen LogP contribution in [0.1, 0.15) is 22.9 Å². The molecule has 6 heteroatoms. The van der Waals surface area contributed by atoms with E-state index < -0.39 is 6.03 Å². The largest absolute Gasteiger partial charge is 0.334 e. The van der Waals surface area contributed by atoms with Gasteiger partial charge in [-0.15, -0.1) is 11.3 Å². The van der Waals surface area contributed by atoms with Crippen LogP contribution < -0.4 is 10.6 Å². The van der Waals surface area contributed by atoms with Crippen LogP contribution in [0.5, 0.6) is 0 Å². The summed E-state index contributed by atoms with van der Waals surface area (Å²) in [6, 6.07) is 10.9. The first kappa shape index (κ1) is 16.7. The molecule has 0 saturated heterocycles. The summed E-state index contributed by atoms with van der Waals surface area (Å²) in [7, 11) is 0. The lowest BCUT2D eigenvalue weighted by Gasteiger charge is -2.31. The van der Waals surface area contributed by atoms with Crippen LogP contribution in [-0.2, 0) is 24.3 Å².